The monoisotopic (exact) mass is 1420 g/mol. The molecule has 26 N–H and O–H groups in total. The Bertz CT molecular complexity index is 3150. The van der Waals surface area contributed by atoms with Gasteiger partial charge in [-0.1, -0.05) is 65.8 Å². The number of carboxylic acids is 2. The number of carboxylic acid groups (broad SMARTS) is 2. The predicted octanol–water partition coefficient (Wildman–Crippen LogP) is -3.51. The molecule has 562 valence electrons. The molecule has 11 atom stereocenters. The molecule has 101 heavy (non-hydrogen) atoms. The minimum Gasteiger partial charge on any atom is -0.508 e. The predicted molar refractivity (Wildman–Crippen MR) is 372 cm³/mol. The maximum atomic E-state index is 14.9. The summed E-state index contributed by atoms with van der Waals surface area (Å²) in [5.41, 5.74) is 34.6. The van der Waals surface area contributed by atoms with Crippen molar-refractivity contribution in [2.24, 2.45) is 62.1 Å². The van der Waals surface area contributed by atoms with Crippen LogP contribution in [0.4, 0.5) is 0 Å². The van der Waals surface area contributed by atoms with Gasteiger partial charge in [-0.25, -0.2) is 4.79 Å². The smallest absolute Gasteiger partial charge is 0.326 e. The van der Waals surface area contributed by atoms with Crippen LogP contribution in [0.5, 0.6) is 11.5 Å². The van der Waals surface area contributed by atoms with Crippen molar-refractivity contribution < 1.29 is 83.1 Å². The molecule has 1 aliphatic heterocycles. The fraction of sp³-hybridized carbons (Fsp3) is 0.606. The second-order valence-electron chi connectivity index (χ2n) is 26.2. The van der Waals surface area contributed by atoms with Gasteiger partial charge in [-0.3, -0.25) is 62.7 Å². The number of aliphatic hydroxyl groups excluding tert-OH is 1. The maximum absolute atomic E-state index is 14.9. The maximum Gasteiger partial charge on any atom is 0.326 e. The number of amides is 10. The molecule has 35 heteroatoms. The number of unbranched alkanes of at least 4 members (excludes halogenated alkanes) is 1. The highest BCUT2D eigenvalue weighted by atomic mass is 16.4. The van der Waals surface area contributed by atoms with E-state index < -0.39 is 163 Å². The molecule has 0 spiro atoms. The Morgan fingerprint density at radius 1 is 0.505 bits per heavy atom. The van der Waals surface area contributed by atoms with E-state index in [2.05, 4.69) is 57.8 Å². The molecule has 1 heterocycles. The van der Waals surface area contributed by atoms with Crippen molar-refractivity contribution in [2.45, 2.75) is 204 Å². The summed E-state index contributed by atoms with van der Waals surface area (Å²) in [6.07, 6.45) is -0.0467. The van der Waals surface area contributed by atoms with Crippen LogP contribution in [0, 0.1) is 17.8 Å². The molecular weight excluding hydrogens is 1320 g/mol. The second-order valence-corrected chi connectivity index (χ2v) is 26.2. The van der Waals surface area contributed by atoms with Gasteiger partial charge in [0.25, 0.3) is 0 Å². The molecule has 3 rings (SSSR count). The van der Waals surface area contributed by atoms with E-state index in [9.17, 15) is 83.1 Å². The van der Waals surface area contributed by atoms with Gasteiger partial charge in [0.15, 0.2) is 11.9 Å². The summed E-state index contributed by atoms with van der Waals surface area (Å²) in [5.74, 6) is -13.3. The van der Waals surface area contributed by atoms with Crippen molar-refractivity contribution in [3.8, 4) is 11.5 Å². The summed E-state index contributed by atoms with van der Waals surface area (Å²) in [6, 6.07) is -4.70. The molecule has 1 saturated heterocycles. The van der Waals surface area contributed by atoms with Crippen LogP contribution in [0.3, 0.4) is 0 Å². The van der Waals surface area contributed by atoms with Crippen LogP contribution < -0.4 is 82.3 Å². The molecule has 0 aromatic heterocycles. The van der Waals surface area contributed by atoms with E-state index >= 15 is 0 Å². The standard InChI is InChI=1S/C66H106N18O17/c1-35(2)30-46(58(94)76-45(24-25-52(88)89)57(93)78-47(32-38-16-20-40(86)21-17-38)59(95)82-50(34-85)60(96)81-49(64(100)101)33-39-18-22-41(87)23-19-39)79-61(97)51-15-11-29-84(51)63(99)48(31-36(3)4)80-56(92)44(14-10-28-74-66(71)72)75-55(91)43(13-7-8-26-67)77-62(98)53(37(5)6)83-54(90)42(68)12-9-27-73-65(69)70/h16-23,35-37,42-51,53,85-87H,7-15,24-34,67-68H2,1-6H3,(H,75,91)(H,76,94)(H,77,98)(H,78,93)(H,79,97)(H,80,92)(H,81,96)(H,82,95)(H,83,90)(H,88,89)(H,100,101)(H4,69,70,73)(H4,71,72,74)/t42-,43-,44-,45-,46-,47-,48-,49-,50-,51-,53-/m0/s1. The van der Waals surface area contributed by atoms with Gasteiger partial charge < -0.3 is 113 Å². The summed E-state index contributed by atoms with van der Waals surface area (Å²) in [7, 11) is 0. The van der Waals surface area contributed by atoms with E-state index in [0.717, 1.165) is 0 Å². The molecule has 2 aromatic rings. The molecule has 0 aliphatic carbocycles. The van der Waals surface area contributed by atoms with Gasteiger partial charge >= 0.3 is 11.9 Å². The third-order valence-corrected chi connectivity index (χ3v) is 16.3. The average molecular weight is 1420 g/mol. The topological polar surface area (TPSA) is 598 Å². The van der Waals surface area contributed by atoms with Crippen molar-refractivity contribution >= 4 is 82.9 Å². The van der Waals surface area contributed by atoms with E-state index in [1.54, 1.807) is 41.5 Å². The largest absolute Gasteiger partial charge is 0.508 e. The van der Waals surface area contributed by atoms with Gasteiger partial charge in [0.2, 0.25) is 59.1 Å². The van der Waals surface area contributed by atoms with Gasteiger partial charge in [-0.2, -0.15) is 0 Å². The first-order valence-electron chi connectivity index (χ1n) is 33.9. The number of carbonyl (C=O) groups is 12. The summed E-state index contributed by atoms with van der Waals surface area (Å²) < 4.78 is 0. The van der Waals surface area contributed by atoms with Crippen molar-refractivity contribution in [2.75, 3.05) is 32.8 Å². The quantitative estimate of drug-likeness (QED) is 0.0174. The number of rotatable bonds is 45. The molecule has 35 nitrogen and oxygen atoms in total. The zero-order valence-corrected chi connectivity index (χ0v) is 58.3. The SMILES string of the molecule is CC(C)C[C@H](NC(=O)[C@@H]1CCCN1C(=O)[C@H](CC(C)C)NC(=O)[C@H](CCCN=C(N)N)NC(=O)[C@H](CCCCN)NC(=O)[C@@H](NC(=O)[C@@H](N)CCCN=C(N)N)C(C)C)C(=O)N[C@@H](CCC(=O)O)C(=O)N[C@@H](Cc1ccc(O)cc1)C(=O)N[C@@H](CO)C(=O)N[C@@H](Cc1ccc(O)cc1)C(=O)O. The Morgan fingerprint density at radius 3 is 1.42 bits per heavy atom. The van der Waals surface area contributed by atoms with Crippen LogP contribution >= 0.6 is 0 Å². The van der Waals surface area contributed by atoms with Gasteiger partial charge in [0.05, 0.1) is 12.6 Å². The molecule has 2 aromatic carbocycles. The molecule has 0 saturated carbocycles. The fourth-order valence-electron chi connectivity index (χ4n) is 10.9. The van der Waals surface area contributed by atoms with E-state index in [4.69, 9.17) is 34.4 Å². The first kappa shape index (κ1) is 85.3. The Morgan fingerprint density at radius 2 is 0.931 bits per heavy atom. The van der Waals surface area contributed by atoms with E-state index in [-0.39, 0.29) is 119 Å². The molecule has 0 bridgehead atoms. The van der Waals surface area contributed by atoms with Crippen LogP contribution in [0.25, 0.3) is 0 Å². The lowest BCUT2D eigenvalue weighted by molar-refractivity contribution is -0.143. The van der Waals surface area contributed by atoms with Crippen LogP contribution in [0.2, 0.25) is 0 Å². The lowest BCUT2D eigenvalue weighted by Crippen LogP contribution is -2.61. The number of aliphatic hydroxyl groups is 1. The number of nitrogens with one attached hydrogen (secondary N) is 9. The van der Waals surface area contributed by atoms with E-state index in [1.807, 2.05) is 0 Å². The second kappa shape index (κ2) is 43.6. The molecule has 10 amide bonds. The fourth-order valence-corrected chi connectivity index (χ4v) is 10.9. The lowest BCUT2D eigenvalue weighted by atomic mass is 9.99. The number of nitrogens with two attached hydrogens (primary N) is 6. The number of phenolic OH excluding ortho intramolecular Hbond substituents is 2. The van der Waals surface area contributed by atoms with Crippen molar-refractivity contribution in [3.05, 3.63) is 59.7 Å². The summed E-state index contributed by atoms with van der Waals surface area (Å²) in [4.78, 5) is 176. The number of hydrogen-bond donors (Lipinski definition) is 20. The van der Waals surface area contributed by atoms with Gasteiger partial charge in [-0.05, 0) is 137 Å². The van der Waals surface area contributed by atoms with Crippen molar-refractivity contribution in [1.29, 1.82) is 0 Å². The minimum atomic E-state index is -1.80. The number of carbonyl (C=O) groups excluding carboxylic acids is 10. The number of nitrogens with zero attached hydrogens (tertiary/aromatic N) is 3. The third kappa shape index (κ3) is 31.0. The highest BCUT2D eigenvalue weighted by Gasteiger charge is 2.41. The first-order valence-corrected chi connectivity index (χ1v) is 33.9. The third-order valence-electron chi connectivity index (χ3n) is 16.3. The van der Waals surface area contributed by atoms with Gasteiger partial charge in [0.1, 0.15) is 71.9 Å². The number of phenols is 2. The van der Waals surface area contributed by atoms with Crippen LogP contribution in [0.15, 0.2) is 58.5 Å². The molecule has 0 unspecified atom stereocenters. The molecule has 1 aliphatic rings. The van der Waals surface area contributed by atoms with Crippen LogP contribution in [-0.2, 0) is 70.4 Å². The summed E-state index contributed by atoms with van der Waals surface area (Å²) in [6.45, 7) is 9.88. The van der Waals surface area contributed by atoms with Crippen LogP contribution in [-0.4, -0.2) is 213 Å². The number of benzene rings is 2. The van der Waals surface area contributed by atoms with Crippen molar-refractivity contribution in [1.82, 2.24) is 52.8 Å². The number of aromatic hydroxyl groups is 2. The van der Waals surface area contributed by atoms with Gasteiger partial charge in [0, 0.05) is 38.9 Å². The molecule has 1 fully saturated rings. The Hall–Kier alpha value is -9.90. The average Bonchev–Trinajstić information content (AvgIpc) is 1.79. The summed E-state index contributed by atoms with van der Waals surface area (Å²) >= 11 is 0. The van der Waals surface area contributed by atoms with E-state index in [1.165, 1.54) is 53.4 Å². The molecule has 0 radical (unpaired) electrons. The minimum absolute atomic E-state index is 0.0262. The number of hydrogen-bond acceptors (Lipinski definition) is 19. The normalized spacial score (nSPS) is 15.7. The highest BCUT2D eigenvalue weighted by Crippen LogP contribution is 2.23. The number of likely N-dealkylation sites (tertiary alicyclic amines) is 1. The molecular formula is C66H106N18O17. The number of aliphatic imine (C=N–C) groups is 2. The number of guanidine groups is 2. The zero-order valence-electron chi connectivity index (χ0n) is 58.3. The Kier molecular flexibility index (Phi) is 36.8. The zero-order chi connectivity index (χ0) is 75.6. The van der Waals surface area contributed by atoms with E-state index in [0.29, 0.717) is 36.8 Å². The van der Waals surface area contributed by atoms with Gasteiger partial charge in [-0.15, -0.1) is 0 Å². The van der Waals surface area contributed by atoms with Crippen LogP contribution in [0.1, 0.15) is 136 Å². The Balaban J connectivity index is 1.92. The first-order chi connectivity index (χ1) is 47.6. The Labute approximate surface area is 587 Å². The lowest BCUT2D eigenvalue weighted by Gasteiger charge is -2.32. The number of aliphatic carboxylic acids is 2. The summed E-state index contributed by atoms with van der Waals surface area (Å²) in [5, 5.41) is 72.9. The highest BCUT2D eigenvalue weighted by molar-refractivity contribution is 5.99. The van der Waals surface area contributed by atoms with Crippen molar-refractivity contribution in [3.63, 3.8) is 0 Å².